The number of carbonyl (C=O) groups is 1. The number of nitrogens with one attached hydrogen (secondary N) is 2. The predicted molar refractivity (Wildman–Crippen MR) is 114 cm³/mol. The number of hydrogen-bond donors (Lipinski definition) is 2. The van der Waals surface area contributed by atoms with Crippen LogP contribution in [0.2, 0.25) is 0 Å². The van der Waals surface area contributed by atoms with Crippen LogP contribution in [-0.2, 0) is 6.54 Å². The van der Waals surface area contributed by atoms with Gasteiger partial charge in [-0.15, -0.1) is 6.42 Å². The highest BCUT2D eigenvalue weighted by molar-refractivity contribution is 5.73. The molecule has 6 nitrogen and oxygen atoms in total. The monoisotopic (exact) mass is 429 g/mol. The smallest absolute Gasteiger partial charge is 0.315 e. The SMILES string of the molecule is C#CCOc1cc(CNC(=O)NCC2CCN(c3ccc(F)c(F)c3)C2)ccc1OC. The van der Waals surface area contributed by atoms with E-state index >= 15 is 0 Å². The zero-order valence-corrected chi connectivity index (χ0v) is 17.3. The minimum absolute atomic E-state index is 0.122. The Bertz CT molecular complexity index is 962. The molecule has 2 amide bonds. The van der Waals surface area contributed by atoms with E-state index in [1.165, 1.54) is 6.07 Å². The van der Waals surface area contributed by atoms with E-state index < -0.39 is 11.6 Å². The number of halogens is 2. The van der Waals surface area contributed by atoms with Crippen LogP contribution in [0.25, 0.3) is 0 Å². The van der Waals surface area contributed by atoms with Crippen molar-refractivity contribution in [3.8, 4) is 23.8 Å². The molecule has 0 spiro atoms. The first kappa shape index (κ1) is 22.2. The van der Waals surface area contributed by atoms with Crippen molar-refractivity contribution in [2.24, 2.45) is 5.92 Å². The number of rotatable bonds is 8. The van der Waals surface area contributed by atoms with Gasteiger partial charge in [0.25, 0.3) is 0 Å². The summed E-state index contributed by atoms with van der Waals surface area (Å²) in [4.78, 5) is 14.2. The van der Waals surface area contributed by atoms with Crippen molar-refractivity contribution >= 4 is 11.7 Å². The van der Waals surface area contributed by atoms with Gasteiger partial charge in [-0.05, 0) is 42.2 Å². The first-order valence-corrected chi connectivity index (χ1v) is 9.95. The Labute approximate surface area is 180 Å². The molecule has 0 aliphatic carbocycles. The van der Waals surface area contributed by atoms with Crippen molar-refractivity contribution in [1.29, 1.82) is 0 Å². The summed E-state index contributed by atoms with van der Waals surface area (Å²) in [6.45, 7) is 2.32. The molecule has 1 saturated heterocycles. The van der Waals surface area contributed by atoms with Crippen molar-refractivity contribution in [2.75, 3.05) is 38.3 Å². The van der Waals surface area contributed by atoms with Crippen LogP contribution in [0, 0.1) is 29.9 Å². The standard InChI is InChI=1S/C23H25F2N3O3/c1-3-10-31-22-11-16(4-7-21(22)30-2)13-26-23(29)27-14-17-8-9-28(15-17)18-5-6-19(24)20(25)12-18/h1,4-7,11-12,17H,8-10,13-15H2,2H3,(H2,26,27,29). The number of nitrogens with zero attached hydrogens (tertiary/aromatic N) is 1. The Kier molecular flexibility index (Phi) is 7.55. The molecule has 0 bridgehead atoms. The van der Waals surface area contributed by atoms with Crippen LogP contribution in [0.1, 0.15) is 12.0 Å². The maximum Gasteiger partial charge on any atom is 0.315 e. The van der Waals surface area contributed by atoms with E-state index in [0.717, 1.165) is 24.6 Å². The van der Waals surface area contributed by atoms with Gasteiger partial charge < -0.3 is 25.0 Å². The van der Waals surface area contributed by atoms with Gasteiger partial charge in [0.1, 0.15) is 6.61 Å². The number of benzene rings is 2. The molecule has 31 heavy (non-hydrogen) atoms. The summed E-state index contributed by atoms with van der Waals surface area (Å²) in [5.74, 6) is 2.00. The highest BCUT2D eigenvalue weighted by atomic mass is 19.2. The molecule has 0 saturated carbocycles. The highest BCUT2D eigenvalue weighted by Crippen LogP contribution is 2.28. The lowest BCUT2D eigenvalue weighted by molar-refractivity contribution is 0.239. The Hall–Kier alpha value is -3.47. The quantitative estimate of drug-likeness (QED) is 0.632. The number of carbonyl (C=O) groups excluding carboxylic acids is 1. The first-order valence-electron chi connectivity index (χ1n) is 9.95. The van der Waals surface area contributed by atoms with Crippen LogP contribution < -0.4 is 25.0 Å². The number of ether oxygens (including phenoxy) is 2. The average Bonchev–Trinajstić information content (AvgIpc) is 3.25. The second-order valence-corrected chi connectivity index (χ2v) is 7.24. The molecule has 164 valence electrons. The van der Waals surface area contributed by atoms with E-state index in [9.17, 15) is 13.6 Å². The van der Waals surface area contributed by atoms with Crippen LogP contribution in [-0.4, -0.2) is 39.4 Å². The molecule has 1 unspecified atom stereocenters. The van der Waals surface area contributed by atoms with Crippen molar-refractivity contribution in [3.05, 3.63) is 53.6 Å². The molecule has 0 radical (unpaired) electrons. The zero-order valence-electron chi connectivity index (χ0n) is 17.3. The number of hydrogen-bond acceptors (Lipinski definition) is 4. The van der Waals surface area contributed by atoms with Crippen LogP contribution in [0.5, 0.6) is 11.5 Å². The third-order valence-corrected chi connectivity index (χ3v) is 5.10. The zero-order chi connectivity index (χ0) is 22.2. The summed E-state index contributed by atoms with van der Waals surface area (Å²) >= 11 is 0. The number of terminal acetylenes is 1. The van der Waals surface area contributed by atoms with E-state index in [-0.39, 0.29) is 18.6 Å². The second kappa shape index (κ2) is 10.5. The summed E-state index contributed by atoms with van der Waals surface area (Å²) in [5, 5.41) is 5.67. The molecule has 1 fully saturated rings. The average molecular weight is 429 g/mol. The fourth-order valence-electron chi connectivity index (χ4n) is 3.46. The molecular weight excluding hydrogens is 404 g/mol. The summed E-state index contributed by atoms with van der Waals surface area (Å²) in [7, 11) is 1.54. The van der Waals surface area contributed by atoms with Gasteiger partial charge >= 0.3 is 6.03 Å². The third-order valence-electron chi connectivity index (χ3n) is 5.10. The lowest BCUT2D eigenvalue weighted by atomic mass is 10.1. The van der Waals surface area contributed by atoms with Crippen molar-refractivity contribution in [2.45, 2.75) is 13.0 Å². The van der Waals surface area contributed by atoms with Gasteiger partial charge in [0.2, 0.25) is 0 Å². The van der Waals surface area contributed by atoms with Crippen LogP contribution >= 0.6 is 0 Å². The topological polar surface area (TPSA) is 62.8 Å². The summed E-state index contributed by atoms with van der Waals surface area (Å²) in [5.41, 5.74) is 1.49. The first-order chi connectivity index (χ1) is 15.0. The summed E-state index contributed by atoms with van der Waals surface area (Å²) in [6.07, 6.45) is 6.08. The molecule has 8 heteroatoms. The second-order valence-electron chi connectivity index (χ2n) is 7.24. The van der Waals surface area contributed by atoms with Gasteiger partial charge in [-0.2, -0.15) is 0 Å². The van der Waals surface area contributed by atoms with E-state index in [1.807, 2.05) is 11.0 Å². The third kappa shape index (κ3) is 6.01. The highest BCUT2D eigenvalue weighted by Gasteiger charge is 2.23. The number of methoxy groups -OCH3 is 1. The minimum Gasteiger partial charge on any atom is -0.493 e. The predicted octanol–water partition coefficient (Wildman–Crippen LogP) is 3.31. The molecular formula is C23H25F2N3O3. The number of urea groups is 1. The van der Waals surface area contributed by atoms with Crippen LogP contribution in [0.15, 0.2) is 36.4 Å². The van der Waals surface area contributed by atoms with E-state index in [2.05, 4.69) is 16.6 Å². The van der Waals surface area contributed by atoms with Gasteiger partial charge in [-0.25, -0.2) is 13.6 Å². The number of anilines is 1. The van der Waals surface area contributed by atoms with E-state index in [4.69, 9.17) is 15.9 Å². The maximum atomic E-state index is 13.4. The Morgan fingerprint density at radius 2 is 2.03 bits per heavy atom. The largest absolute Gasteiger partial charge is 0.493 e. The number of amides is 2. The lowest BCUT2D eigenvalue weighted by Gasteiger charge is -2.19. The Balaban J connectivity index is 1.44. The van der Waals surface area contributed by atoms with E-state index in [0.29, 0.717) is 36.8 Å². The molecule has 1 heterocycles. The van der Waals surface area contributed by atoms with Crippen LogP contribution in [0.3, 0.4) is 0 Å². The minimum atomic E-state index is -0.857. The maximum absolute atomic E-state index is 13.4. The fourth-order valence-corrected chi connectivity index (χ4v) is 3.46. The van der Waals surface area contributed by atoms with Gasteiger partial charge in [-0.1, -0.05) is 12.0 Å². The molecule has 2 N–H and O–H groups in total. The van der Waals surface area contributed by atoms with Crippen LogP contribution in [0.4, 0.5) is 19.3 Å². The summed E-state index contributed by atoms with van der Waals surface area (Å²) < 4.78 is 37.3. The molecule has 1 atom stereocenters. The van der Waals surface area contributed by atoms with Gasteiger partial charge in [0.15, 0.2) is 23.1 Å². The normalized spacial score (nSPS) is 15.3. The lowest BCUT2D eigenvalue weighted by Crippen LogP contribution is -2.38. The van der Waals surface area contributed by atoms with Crippen molar-refractivity contribution < 1.29 is 23.0 Å². The van der Waals surface area contributed by atoms with Gasteiger partial charge in [0, 0.05) is 37.9 Å². The Morgan fingerprint density at radius 3 is 2.77 bits per heavy atom. The molecule has 1 aliphatic rings. The summed E-state index contributed by atoms with van der Waals surface area (Å²) in [6, 6.07) is 8.98. The van der Waals surface area contributed by atoms with E-state index in [1.54, 1.807) is 25.3 Å². The molecule has 2 aromatic carbocycles. The Morgan fingerprint density at radius 1 is 1.19 bits per heavy atom. The molecule has 0 aromatic heterocycles. The molecule has 2 aromatic rings. The van der Waals surface area contributed by atoms with Crippen molar-refractivity contribution in [1.82, 2.24) is 10.6 Å². The molecule has 1 aliphatic heterocycles. The van der Waals surface area contributed by atoms with Gasteiger partial charge in [0.05, 0.1) is 7.11 Å². The molecule has 3 rings (SSSR count). The van der Waals surface area contributed by atoms with Crippen molar-refractivity contribution in [3.63, 3.8) is 0 Å². The van der Waals surface area contributed by atoms with Gasteiger partial charge in [-0.3, -0.25) is 0 Å². The fraction of sp³-hybridized carbons (Fsp3) is 0.348.